The monoisotopic (exact) mass is 189 g/mol. The molecule has 0 saturated heterocycles. The van der Waals surface area contributed by atoms with E-state index in [2.05, 4.69) is 15.3 Å². The summed E-state index contributed by atoms with van der Waals surface area (Å²) >= 11 is 0. The number of fused-ring (bicyclic) bond motifs is 1. The number of aromatic nitrogens is 2. The van der Waals surface area contributed by atoms with Crippen LogP contribution in [0.15, 0.2) is 18.2 Å². The van der Waals surface area contributed by atoms with Gasteiger partial charge in [0.05, 0.1) is 11.0 Å². The molecule has 14 heavy (non-hydrogen) atoms. The molecule has 2 rings (SSSR count). The van der Waals surface area contributed by atoms with Crippen LogP contribution in [0.25, 0.3) is 11.0 Å². The first-order chi connectivity index (χ1) is 6.70. The van der Waals surface area contributed by atoms with Gasteiger partial charge in [0, 0.05) is 12.6 Å². The van der Waals surface area contributed by atoms with E-state index >= 15 is 0 Å². The summed E-state index contributed by atoms with van der Waals surface area (Å²) in [6.07, 6.45) is 0. The molecule has 1 heterocycles. The zero-order valence-electron chi connectivity index (χ0n) is 8.09. The Bertz CT molecular complexity index is 487. The van der Waals surface area contributed by atoms with Crippen molar-refractivity contribution in [3.05, 3.63) is 23.8 Å². The molecular formula is C10H11N3O. The zero-order chi connectivity index (χ0) is 10.1. The van der Waals surface area contributed by atoms with Crippen LogP contribution in [0.1, 0.15) is 17.3 Å². The average molecular weight is 189 g/mol. The van der Waals surface area contributed by atoms with Crippen molar-refractivity contribution in [2.24, 2.45) is 0 Å². The van der Waals surface area contributed by atoms with Gasteiger partial charge in [0.2, 0.25) is 5.95 Å². The van der Waals surface area contributed by atoms with Gasteiger partial charge in [0.25, 0.3) is 0 Å². The summed E-state index contributed by atoms with van der Waals surface area (Å²) in [5.41, 5.74) is 2.42. The number of aromatic amines is 1. The van der Waals surface area contributed by atoms with Gasteiger partial charge in [0.15, 0.2) is 5.78 Å². The number of imidazole rings is 1. The van der Waals surface area contributed by atoms with Gasteiger partial charge in [-0.3, -0.25) is 4.79 Å². The van der Waals surface area contributed by atoms with Gasteiger partial charge in [-0.05, 0) is 25.1 Å². The Hall–Kier alpha value is -1.84. The number of Topliss-reactive ketones (excluding diaryl/α,β-unsaturated/α-hetero) is 1. The Labute approximate surface area is 81.3 Å². The molecule has 2 N–H and O–H groups in total. The molecule has 72 valence electrons. The Morgan fingerprint density at radius 3 is 2.93 bits per heavy atom. The summed E-state index contributed by atoms with van der Waals surface area (Å²) in [4.78, 5) is 18.4. The highest BCUT2D eigenvalue weighted by Crippen LogP contribution is 2.15. The third-order valence-electron chi connectivity index (χ3n) is 2.13. The quantitative estimate of drug-likeness (QED) is 0.708. The number of hydrogen-bond donors (Lipinski definition) is 2. The molecular weight excluding hydrogens is 178 g/mol. The molecule has 1 aromatic carbocycles. The maximum Gasteiger partial charge on any atom is 0.200 e. The normalized spacial score (nSPS) is 10.4. The first-order valence-electron chi connectivity index (χ1n) is 4.39. The van der Waals surface area contributed by atoms with Crippen molar-refractivity contribution in [3.63, 3.8) is 0 Å². The number of rotatable bonds is 2. The number of benzene rings is 1. The number of nitrogens with one attached hydrogen (secondary N) is 2. The maximum absolute atomic E-state index is 11.1. The molecule has 0 bridgehead atoms. The van der Waals surface area contributed by atoms with Crippen molar-refractivity contribution in [1.82, 2.24) is 9.97 Å². The molecule has 0 fully saturated rings. The number of H-pyrrole nitrogens is 1. The van der Waals surface area contributed by atoms with Crippen LogP contribution >= 0.6 is 0 Å². The van der Waals surface area contributed by atoms with Crippen molar-refractivity contribution >= 4 is 22.8 Å². The number of hydrogen-bond acceptors (Lipinski definition) is 3. The molecule has 0 atom stereocenters. The van der Waals surface area contributed by atoms with Crippen molar-refractivity contribution < 1.29 is 4.79 Å². The third kappa shape index (κ3) is 1.35. The van der Waals surface area contributed by atoms with E-state index in [0.717, 1.165) is 11.0 Å². The van der Waals surface area contributed by atoms with E-state index in [1.54, 1.807) is 26.1 Å². The molecule has 0 unspecified atom stereocenters. The molecule has 0 spiro atoms. The molecule has 4 nitrogen and oxygen atoms in total. The highest BCUT2D eigenvalue weighted by atomic mass is 16.1. The Balaban J connectivity index is 2.59. The molecule has 0 radical (unpaired) electrons. The van der Waals surface area contributed by atoms with Gasteiger partial charge in [-0.1, -0.05) is 0 Å². The van der Waals surface area contributed by atoms with Crippen LogP contribution in [0.4, 0.5) is 5.95 Å². The summed E-state index contributed by atoms with van der Waals surface area (Å²) in [6.45, 7) is 1.55. The number of nitrogens with zero attached hydrogens (tertiary/aromatic N) is 1. The summed E-state index contributed by atoms with van der Waals surface area (Å²) in [5, 5.41) is 2.91. The van der Waals surface area contributed by atoms with E-state index < -0.39 is 0 Å². The fourth-order valence-corrected chi connectivity index (χ4v) is 1.34. The van der Waals surface area contributed by atoms with E-state index in [9.17, 15) is 4.79 Å². The SMILES string of the molecule is CNc1nc2cc(C(C)=O)ccc2[nH]1. The predicted molar refractivity (Wildman–Crippen MR) is 55.6 cm³/mol. The molecule has 0 saturated carbocycles. The molecule has 0 amide bonds. The first-order valence-corrected chi connectivity index (χ1v) is 4.39. The lowest BCUT2D eigenvalue weighted by atomic mass is 10.1. The lowest BCUT2D eigenvalue weighted by Gasteiger charge is -1.93. The Morgan fingerprint density at radius 1 is 1.50 bits per heavy atom. The van der Waals surface area contributed by atoms with Crippen LogP contribution in [0.5, 0.6) is 0 Å². The predicted octanol–water partition coefficient (Wildman–Crippen LogP) is 1.81. The second kappa shape index (κ2) is 3.14. The van der Waals surface area contributed by atoms with Crippen molar-refractivity contribution in [1.29, 1.82) is 0 Å². The maximum atomic E-state index is 11.1. The van der Waals surface area contributed by atoms with E-state index in [0.29, 0.717) is 11.5 Å². The summed E-state index contributed by atoms with van der Waals surface area (Å²) < 4.78 is 0. The van der Waals surface area contributed by atoms with Crippen LogP contribution in [0, 0.1) is 0 Å². The molecule has 1 aromatic heterocycles. The van der Waals surface area contributed by atoms with Crippen LogP contribution in [0.3, 0.4) is 0 Å². The van der Waals surface area contributed by atoms with Crippen molar-refractivity contribution in [2.45, 2.75) is 6.92 Å². The molecule has 4 heteroatoms. The number of ketones is 1. The van der Waals surface area contributed by atoms with Crippen LogP contribution in [-0.2, 0) is 0 Å². The van der Waals surface area contributed by atoms with Crippen LogP contribution < -0.4 is 5.32 Å². The first kappa shape index (κ1) is 8.74. The molecule has 0 aliphatic heterocycles. The third-order valence-corrected chi connectivity index (χ3v) is 2.13. The van der Waals surface area contributed by atoms with Crippen LogP contribution in [0.2, 0.25) is 0 Å². The van der Waals surface area contributed by atoms with E-state index in [1.807, 2.05) is 6.07 Å². The highest BCUT2D eigenvalue weighted by molar-refractivity contribution is 5.97. The lowest BCUT2D eigenvalue weighted by Crippen LogP contribution is -1.90. The van der Waals surface area contributed by atoms with Gasteiger partial charge in [-0.2, -0.15) is 0 Å². The van der Waals surface area contributed by atoms with Gasteiger partial charge >= 0.3 is 0 Å². The van der Waals surface area contributed by atoms with Gasteiger partial charge < -0.3 is 10.3 Å². The van der Waals surface area contributed by atoms with Crippen LogP contribution in [-0.4, -0.2) is 22.8 Å². The largest absolute Gasteiger partial charge is 0.359 e. The molecule has 0 aliphatic carbocycles. The zero-order valence-corrected chi connectivity index (χ0v) is 8.09. The van der Waals surface area contributed by atoms with E-state index in [-0.39, 0.29) is 5.78 Å². The van der Waals surface area contributed by atoms with Gasteiger partial charge in [-0.15, -0.1) is 0 Å². The minimum atomic E-state index is 0.0564. The standard InChI is InChI=1S/C10H11N3O/c1-6(14)7-3-4-8-9(5-7)13-10(11-2)12-8/h3-5H,1-2H3,(H2,11,12,13). The average Bonchev–Trinajstić information content (AvgIpc) is 2.58. The Kier molecular flexibility index (Phi) is 1.96. The fraction of sp³-hybridized carbons (Fsp3) is 0.200. The minimum Gasteiger partial charge on any atom is -0.359 e. The highest BCUT2D eigenvalue weighted by Gasteiger charge is 2.04. The summed E-state index contributed by atoms with van der Waals surface area (Å²) in [6, 6.07) is 5.44. The van der Waals surface area contributed by atoms with Gasteiger partial charge in [0.1, 0.15) is 0 Å². The topological polar surface area (TPSA) is 57.8 Å². The summed E-state index contributed by atoms with van der Waals surface area (Å²) in [7, 11) is 1.80. The minimum absolute atomic E-state index is 0.0564. The molecule has 0 aliphatic rings. The Morgan fingerprint density at radius 2 is 2.29 bits per heavy atom. The fourth-order valence-electron chi connectivity index (χ4n) is 1.34. The number of carbonyl (C=O) groups excluding carboxylic acids is 1. The van der Waals surface area contributed by atoms with Crippen molar-refractivity contribution in [3.8, 4) is 0 Å². The van der Waals surface area contributed by atoms with E-state index in [1.165, 1.54) is 0 Å². The van der Waals surface area contributed by atoms with E-state index in [4.69, 9.17) is 0 Å². The van der Waals surface area contributed by atoms with Gasteiger partial charge in [-0.25, -0.2) is 4.98 Å². The second-order valence-corrected chi connectivity index (χ2v) is 3.12. The smallest absolute Gasteiger partial charge is 0.200 e. The molecule has 2 aromatic rings. The number of carbonyl (C=O) groups is 1. The second-order valence-electron chi connectivity index (χ2n) is 3.12. The summed E-state index contributed by atoms with van der Waals surface area (Å²) in [5.74, 6) is 0.765. The number of anilines is 1. The van der Waals surface area contributed by atoms with Crippen molar-refractivity contribution in [2.75, 3.05) is 12.4 Å². The lowest BCUT2D eigenvalue weighted by molar-refractivity contribution is 0.101.